The normalized spacial score (nSPS) is 12.1. The minimum absolute atomic E-state index is 0. The van der Waals surface area contributed by atoms with Gasteiger partial charge in [0.2, 0.25) is 0 Å². The van der Waals surface area contributed by atoms with Crippen LogP contribution >= 0.6 is 0 Å². The molecule has 7 nitrogen and oxygen atoms in total. The molecule has 1 rings (SSSR count). The minimum atomic E-state index is -4.65. The molecule has 0 amide bonds. The molecule has 0 aromatic heterocycles. The molecular weight excluding hydrogens is 448 g/mol. The quantitative estimate of drug-likeness (QED) is 0.313. The summed E-state index contributed by atoms with van der Waals surface area (Å²) < 4.78 is 44.0. The van der Waals surface area contributed by atoms with Crippen molar-refractivity contribution < 1.29 is 34.9 Å². The molecule has 1 aromatic carbocycles. The number of hydrogen-bond donors (Lipinski definition) is 1. The fraction of sp³-hybridized carbons (Fsp3) is 0.636. The van der Waals surface area contributed by atoms with Crippen LogP contribution in [0.25, 0.3) is 0 Å². The first kappa shape index (κ1) is 30.3. The molecule has 0 radical (unpaired) electrons. The summed E-state index contributed by atoms with van der Waals surface area (Å²) in [5, 5.41) is 0. The summed E-state index contributed by atoms with van der Waals surface area (Å²) in [6.45, 7) is 15.3. The monoisotopic (exact) mass is 484 g/mol. The molecule has 1 aromatic rings. The Kier molecular flexibility index (Phi) is 12.3. The number of ether oxygens (including phenoxy) is 2. The molecule has 0 saturated heterocycles. The summed E-state index contributed by atoms with van der Waals surface area (Å²) in [6, 6.07) is 3.22. The number of hydrogen-bond acceptors (Lipinski definition) is 6. The molecule has 0 atom stereocenters. The Morgan fingerprint density at radius 1 is 0.742 bits per heavy atom. The zero-order valence-electron chi connectivity index (χ0n) is 21.7. The van der Waals surface area contributed by atoms with Crippen LogP contribution in [0.2, 0.25) is 0 Å². The summed E-state index contributed by atoms with van der Waals surface area (Å²) in [5.74, 6) is -1.37. The molecular formula is C22H36CaO7S. The van der Waals surface area contributed by atoms with Crippen molar-refractivity contribution in [2.75, 3.05) is 0 Å². The van der Waals surface area contributed by atoms with Crippen molar-refractivity contribution in [2.45, 2.75) is 72.5 Å². The van der Waals surface area contributed by atoms with Crippen LogP contribution in [-0.4, -0.2) is 74.9 Å². The van der Waals surface area contributed by atoms with Crippen molar-refractivity contribution >= 4 is 59.8 Å². The van der Waals surface area contributed by atoms with Gasteiger partial charge in [0, 0.05) is 0 Å². The van der Waals surface area contributed by atoms with Gasteiger partial charge < -0.3 is 12.3 Å². The van der Waals surface area contributed by atoms with E-state index in [1.807, 2.05) is 55.4 Å². The third-order valence-electron chi connectivity index (χ3n) is 4.79. The molecule has 0 aliphatic carbocycles. The van der Waals surface area contributed by atoms with Crippen LogP contribution in [0.5, 0.6) is 0 Å². The van der Waals surface area contributed by atoms with Gasteiger partial charge in [-0.25, -0.2) is 9.59 Å². The van der Waals surface area contributed by atoms with E-state index >= 15 is 0 Å². The Balaban J connectivity index is -0.00000300. The van der Waals surface area contributed by atoms with Gasteiger partial charge in [-0.15, -0.1) is 0 Å². The van der Waals surface area contributed by atoms with Gasteiger partial charge in [0.05, 0.1) is 16.0 Å². The van der Waals surface area contributed by atoms with E-state index in [2.05, 4.69) is 0 Å². The Bertz CT molecular complexity index is 803. The predicted octanol–water partition coefficient (Wildman–Crippen LogP) is 4.45. The van der Waals surface area contributed by atoms with Crippen molar-refractivity contribution in [3.8, 4) is 0 Å². The van der Waals surface area contributed by atoms with E-state index in [-0.39, 0.29) is 75.4 Å². The Morgan fingerprint density at radius 3 is 1.26 bits per heavy atom. The molecule has 0 heterocycles. The van der Waals surface area contributed by atoms with Crippen LogP contribution in [-0.2, 0) is 19.6 Å². The maximum atomic E-state index is 12.7. The number of esters is 2. The van der Waals surface area contributed by atoms with Gasteiger partial charge in [-0.2, -0.15) is 8.42 Å². The zero-order valence-corrected chi connectivity index (χ0v) is 22.7. The fourth-order valence-electron chi connectivity index (χ4n) is 3.45. The largest absolute Gasteiger partial charge is 2.00 e. The van der Waals surface area contributed by atoms with Crippen molar-refractivity contribution in [3.63, 3.8) is 0 Å². The summed E-state index contributed by atoms with van der Waals surface area (Å²) >= 11 is 0. The van der Waals surface area contributed by atoms with Crippen LogP contribution in [0.15, 0.2) is 23.1 Å². The molecule has 9 heteroatoms. The second-order valence-corrected chi connectivity index (χ2v) is 10.4. The maximum absolute atomic E-state index is 12.7. The summed E-state index contributed by atoms with van der Waals surface area (Å²) in [6.07, 6.45) is -0.790. The van der Waals surface area contributed by atoms with Crippen LogP contribution < -0.4 is 0 Å². The van der Waals surface area contributed by atoms with Gasteiger partial charge in [0.15, 0.2) is 0 Å². The molecule has 0 unspecified atom stereocenters. The smallest absolute Gasteiger partial charge is 1.00 e. The van der Waals surface area contributed by atoms with Crippen molar-refractivity contribution in [3.05, 3.63) is 29.3 Å². The van der Waals surface area contributed by atoms with E-state index in [4.69, 9.17) is 9.47 Å². The average molecular weight is 485 g/mol. The topological polar surface area (TPSA) is 107 Å². The Hall–Kier alpha value is -0.670. The molecule has 0 aliphatic rings. The number of carbonyl (C=O) groups excluding carboxylic acids is 2. The van der Waals surface area contributed by atoms with Gasteiger partial charge in [-0.05, 0) is 41.9 Å². The second-order valence-electron chi connectivity index (χ2n) is 8.94. The molecule has 1 N–H and O–H groups in total. The van der Waals surface area contributed by atoms with Crippen LogP contribution in [0.3, 0.4) is 0 Å². The van der Waals surface area contributed by atoms with Crippen LogP contribution in [0, 0.1) is 23.7 Å². The summed E-state index contributed by atoms with van der Waals surface area (Å²) in [7, 11) is -4.65. The zero-order chi connectivity index (χ0) is 23.4. The third kappa shape index (κ3) is 9.00. The van der Waals surface area contributed by atoms with Gasteiger partial charge in [-0.1, -0.05) is 55.4 Å². The van der Waals surface area contributed by atoms with Crippen molar-refractivity contribution in [1.82, 2.24) is 0 Å². The number of benzene rings is 1. The van der Waals surface area contributed by atoms with Crippen molar-refractivity contribution in [1.29, 1.82) is 0 Å². The van der Waals surface area contributed by atoms with Crippen LogP contribution in [0.1, 0.15) is 79.0 Å². The van der Waals surface area contributed by atoms with Gasteiger partial charge in [-0.3, -0.25) is 4.55 Å². The standard InChI is InChI=1S/C22H34O7S.Ca.2H/c1-12(2)19(13(3)4)28-21(23)16-9-17(11-18(10-16)30(25,26)27)22(24)29-20(14(5)6)15(7)8;;;/h9-15,19-20H,1-8H3,(H,25,26,27);;;/q;+2;2*-1. The first-order chi connectivity index (χ1) is 13.6. The molecule has 0 saturated carbocycles. The summed E-state index contributed by atoms with van der Waals surface area (Å²) in [5.41, 5.74) is -0.289. The van der Waals surface area contributed by atoms with Gasteiger partial charge in [0.1, 0.15) is 12.2 Å². The second kappa shape index (κ2) is 12.5. The van der Waals surface area contributed by atoms with E-state index in [1.165, 1.54) is 6.07 Å². The van der Waals surface area contributed by atoms with E-state index in [0.29, 0.717) is 0 Å². The molecule has 0 fully saturated rings. The van der Waals surface area contributed by atoms with Gasteiger partial charge in [0.25, 0.3) is 10.1 Å². The molecule has 31 heavy (non-hydrogen) atoms. The molecule has 0 bridgehead atoms. The molecule has 0 spiro atoms. The van der Waals surface area contributed by atoms with E-state index in [9.17, 15) is 22.6 Å². The first-order valence-electron chi connectivity index (χ1n) is 10.2. The SMILES string of the molecule is CC(C)C(OC(=O)c1cc(C(=O)OC(C(C)C)C(C)C)cc(S(=O)(=O)O)c1)C(C)C.[Ca+2].[H-].[H-]. The maximum Gasteiger partial charge on any atom is 2.00 e. The van der Waals surface area contributed by atoms with E-state index in [1.54, 1.807) is 0 Å². The average Bonchev–Trinajstić information content (AvgIpc) is 2.61. The van der Waals surface area contributed by atoms with E-state index in [0.717, 1.165) is 12.1 Å². The predicted molar refractivity (Wildman–Crippen MR) is 122 cm³/mol. The summed E-state index contributed by atoms with van der Waals surface area (Å²) in [4.78, 5) is 24.8. The van der Waals surface area contributed by atoms with E-state index < -0.39 is 39.2 Å². The van der Waals surface area contributed by atoms with Crippen LogP contribution in [0.4, 0.5) is 0 Å². The molecule has 0 aliphatic heterocycles. The Morgan fingerprint density at radius 2 is 1.03 bits per heavy atom. The number of rotatable bonds is 9. The Labute approximate surface area is 219 Å². The van der Waals surface area contributed by atoms with Gasteiger partial charge >= 0.3 is 49.7 Å². The van der Waals surface area contributed by atoms with Crippen molar-refractivity contribution in [2.24, 2.45) is 23.7 Å². The first-order valence-corrected chi connectivity index (χ1v) is 11.6. The third-order valence-corrected chi connectivity index (χ3v) is 5.62. The molecule has 174 valence electrons. The fourth-order valence-corrected chi connectivity index (χ4v) is 4.00. The minimum Gasteiger partial charge on any atom is -1.00 e. The number of carbonyl (C=O) groups is 2.